The van der Waals surface area contributed by atoms with Gasteiger partial charge in [0.05, 0.1) is 5.69 Å². The molecule has 1 aliphatic heterocycles. The molecular weight excluding hydrogens is 244 g/mol. The topological polar surface area (TPSA) is 80.5 Å². The van der Waals surface area contributed by atoms with E-state index in [1.54, 1.807) is 12.1 Å². The van der Waals surface area contributed by atoms with E-state index in [0.717, 1.165) is 16.9 Å². The van der Waals surface area contributed by atoms with Crippen molar-refractivity contribution in [1.29, 1.82) is 0 Å². The molecular formula is C14H14N2O3. The van der Waals surface area contributed by atoms with Crippen molar-refractivity contribution in [2.45, 2.75) is 19.3 Å². The van der Waals surface area contributed by atoms with Gasteiger partial charge in [0.25, 0.3) is 11.8 Å². The van der Waals surface area contributed by atoms with Crippen molar-refractivity contribution in [3.8, 4) is 0 Å². The van der Waals surface area contributed by atoms with Crippen LogP contribution < -0.4 is 10.6 Å². The molecule has 2 N–H and O–H groups in total. The second kappa shape index (κ2) is 5.48. The van der Waals surface area contributed by atoms with Crippen LogP contribution in [0.5, 0.6) is 0 Å². The van der Waals surface area contributed by atoms with E-state index in [4.69, 9.17) is 5.73 Å². The van der Waals surface area contributed by atoms with Crippen molar-refractivity contribution in [3.63, 3.8) is 0 Å². The Bertz CT molecular complexity index is 528. The van der Waals surface area contributed by atoms with E-state index in [2.05, 4.69) is 0 Å². The van der Waals surface area contributed by atoms with Gasteiger partial charge >= 0.3 is 0 Å². The SMILES string of the molecule is NC(=O)CCCc1ccc(N2C(=O)C=CC2=O)cc1. The zero-order valence-electron chi connectivity index (χ0n) is 10.3. The van der Waals surface area contributed by atoms with E-state index < -0.39 is 0 Å². The van der Waals surface area contributed by atoms with Crippen LogP contribution >= 0.6 is 0 Å². The molecule has 5 heteroatoms. The Morgan fingerprint density at radius 3 is 2.16 bits per heavy atom. The largest absolute Gasteiger partial charge is 0.370 e. The van der Waals surface area contributed by atoms with Gasteiger partial charge in [0.2, 0.25) is 5.91 Å². The molecule has 1 heterocycles. The van der Waals surface area contributed by atoms with Crippen LogP contribution in [0.15, 0.2) is 36.4 Å². The Hall–Kier alpha value is -2.43. The highest BCUT2D eigenvalue weighted by Gasteiger charge is 2.24. The monoisotopic (exact) mass is 258 g/mol. The lowest BCUT2D eigenvalue weighted by atomic mass is 10.1. The quantitative estimate of drug-likeness (QED) is 0.797. The Kier molecular flexibility index (Phi) is 3.75. The fourth-order valence-corrected chi connectivity index (χ4v) is 1.93. The van der Waals surface area contributed by atoms with Crippen molar-refractivity contribution < 1.29 is 14.4 Å². The number of aryl methyl sites for hydroxylation is 1. The highest BCUT2D eigenvalue weighted by atomic mass is 16.2. The Labute approximate surface area is 110 Å². The molecule has 1 aliphatic rings. The Morgan fingerprint density at radius 2 is 1.63 bits per heavy atom. The molecule has 5 nitrogen and oxygen atoms in total. The normalized spacial score (nSPS) is 14.2. The van der Waals surface area contributed by atoms with Crippen LogP contribution in [0, 0.1) is 0 Å². The fraction of sp³-hybridized carbons (Fsp3) is 0.214. The molecule has 0 spiro atoms. The highest BCUT2D eigenvalue weighted by Crippen LogP contribution is 2.20. The average molecular weight is 258 g/mol. The zero-order chi connectivity index (χ0) is 13.8. The molecule has 3 amide bonds. The average Bonchev–Trinajstić information content (AvgIpc) is 2.70. The zero-order valence-corrected chi connectivity index (χ0v) is 10.3. The standard InChI is InChI=1S/C14H14N2O3/c15-12(17)3-1-2-10-4-6-11(7-5-10)16-13(18)8-9-14(16)19/h4-9H,1-3H2,(H2,15,17). The maximum Gasteiger partial charge on any atom is 0.258 e. The van der Waals surface area contributed by atoms with Gasteiger partial charge in [-0.15, -0.1) is 0 Å². The second-order valence-electron chi connectivity index (χ2n) is 4.33. The summed E-state index contributed by atoms with van der Waals surface area (Å²) in [6.45, 7) is 0. The number of hydrogen-bond acceptors (Lipinski definition) is 3. The number of benzene rings is 1. The lowest BCUT2D eigenvalue weighted by Crippen LogP contribution is -2.29. The molecule has 2 rings (SSSR count). The summed E-state index contributed by atoms with van der Waals surface area (Å²) in [7, 11) is 0. The minimum Gasteiger partial charge on any atom is -0.370 e. The fourth-order valence-electron chi connectivity index (χ4n) is 1.93. The van der Waals surface area contributed by atoms with Crippen LogP contribution in [0.1, 0.15) is 18.4 Å². The summed E-state index contributed by atoms with van der Waals surface area (Å²) in [5.74, 6) is -0.964. The summed E-state index contributed by atoms with van der Waals surface area (Å²) < 4.78 is 0. The number of imide groups is 1. The molecule has 0 atom stereocenters. The third-order valence-electron chi connectivity index (χ3n) is 2.89. The number of carbonyl (C=O) groups excluding carboxylic acids is 3. The van der Waals surface area contributed by atoms with E-state index >= 15 is 0 Å². The van der Waals surface area contributed by atoms with Crippen LogP contribution in [0.3, 0.4) is 0 Å². The molecule has 1 aromatic carbocycles. The minimum absolute atomic E-state index is 0.309. The number of carbonyl (C=O) groups is 3. The first kappa shape index (κ1) is 13.0. The van der Waals surface area contributed by atoms with Crippen LogP contribution in [0.25, 0.3) is 0 Å². The minimum atomic E-state index is -0.327. The number of amides is 3. The van der Waals surface area contributed by atoms with Gasteiger partial charge in [-0.1, -0.05) is 12.1 Å². The number of hydrogen-bond donors (Lipinski definition) is 1. The van der Waals surface area contributed by atoms with Crippen molar-refractivity contribution in [3.05, 3.63) is 42.0 Å². The van der Waals surface area contributed by atoms with Gasteiger partial charge in [-0.05, 0) is 30.5 Å². The van der Waals surface area contributed by atoms with Crippen molar-refractivity contribution in [2.75, 3.05) is 4.90 Å². The third-order valence-corrected chi connectivity index (χ3v) is 2.89. The lowest BCUT2D eigenvalue weighted by molar-refractivity contribution is -0.120. The predicted octanol–water partition coefficient (Wildman–Crippen LogP) is 0.924. The van der Waals surface area contributed by atoms with E-state index in [1.807, 2.05) is 12.1 Å². The molecule has 0 aliphatic carbocycles. The molecule has 0 bridgehead atoms. The predicted molar refractivity (Wildman–Crippen MR) is 70.2 cm³/mol. The molecule has 0 saturated heterocycles. The molecule has 0 saturated carbocycles. The van der Waals surface area contributed by atoms with Gasteiger partial charge < -0.3 is 5.73 Å². The maximum atomic E-state index is 11.5. The van der Waals surface area contributed by atoms with Crippen molar-refractivity contribution >= 4 is 23.4 Å². The van der Waals surface area contributed by atoms with Gasteiger partial charge in [-0.2, -0.15) is 0 Å². The summed E-state index contributed by atoms with van der Waals surface area (Å²) in [5, 5.41) is 0. The molecule has 0 fully saturated rings. The number of nitrogens with two attached hydrogens (primary N) is 1. The van der Waals surface area contributed by atoms with Crippen LogP contribution in [-0.2, 0) is 20.8 Å². The lowest BCUT2D eigenvalue weighted by Gasteiger charge is -2.14. The van der Waals surface area contributed by atoms with E-state index in [9.17, 15) is 14.4 Å². The van der Waals surface area contributed by atoms with Gasteiger partial charge in [0.15, 0.2) is 0 Å². The summed E-state index contributed by atoms with van der Waals surface area (Å²) in [4.78, 5) is 34.7. The van der Waals surface area contributed by atoms with Gasteiger partial charge in [0, 0.05) is 18.6 Å². The van der Waals surface area contributed by atoms with Crippen molar-refractivity contribution in [1.82, 2.24) is 0 Å². The Morgan fingerprint density at radius 1 is 1.05 bits per heavy atom. The highest BCUT2D eigenvalue weighted by molar-refractivity contribution is 6.28. The molecule has 98 valence electrons. The first-order valence-corrected chi connectivity index (χ1v) is 6.01. The molecule has 0 unspecified atom stereocenters. The Balaban J connectivity index is 2.00. The first-order chi connectivity index (χ1) is 9.08. The summed E-state index contributed by atoms with van der Waals surface area (Å²) >= 11 is 0. The number of anilines is 1. The molecule has 1 aromatic rings. The summed E-state index contributed by atoms with van der Waals surface area (Å²) in [6, 6.07) is 7.13. The number of nitrogens with zero attached hydrogens (tertiary/aromatic N) is 1. The van der Waals surface area contributed by atoms with Crippen LogP contribution in [0.4, 0.5) is 5.69 Å². The van der Waals surface area contributed by atoms with Gasteiger partial charge in [-0.3, -0.25) is 14.4 Å². The first-order valence-electron chi connectivity index (χ1n) is 6.01. The van der Waals surface area contributed by atoms with E-state index in [-0.39, 0.29) is 17.7 Å². The third kappa shape index (κ3) is 3.07. The summed E-state index contributed by atoms with van der Waals surface area (Å²) in [5.41, 5.74) is 6.66. The van der Waals surface area contributed by atoms with Crippen molar-refractivity contribution in [2.24, 2.45) is 5.73 Å². The molecule has 19 heavy (non-hydrogen) atoms. The molecule has 0 radical (unpaired) electrons. The molecule has 0 aromatic heterocycles. The number of rotatable bonds is 5. The van der Waals surface area contributed by atoms with Crippen LogP contribution in [0.2, 0.25) is 0 Å². The maximum absolute atomic E-state index is 11.5. The smallest absolute Gasteiger partial charge is 0.258 e. The van der Waals surface area contributed by atoms with Crippen LogP contribution in [-0.4, -0.2) is 17.7 Å². The van der Waals surface area contributed by atoms with E-state index in [0.29, 0.717) is 18.5 Å². The second-order valence-corrected chi connectivity index (χ2v) is 4.33. The number of primary amides is 1. The van der Waals surface area contributed by atoms with E-state index in [1.165, 1.54) is 12.2 Å². The van der Waals surface area contributed by atoms with Gasteiger partial charge in [0.1, 0.15) is 0 Å². The van der Waals surface area contributed by atoms with Gasteiger partial charge in [-0.25, -0.2) is 4.90 Å². The summed E-state index contributed by atoms with van der Waals surface area (Å²) in [6.07, 6.45) is 4.29.